The Morgan fingerprint density at radius 2 is 1.54 bits per heavy atom. The summed E-state index contributed by atoms with van der Waals surface area (Å²) >= 11 is 12.4. The van der Waals surface area contributed by atoms with Crippen molar-refractivity contribution in [1.29, 1.82) is 0 Å². The van der Waals surface area contributed by atoms with Crippen molar-refractivity contribution >= 4 is 40.5 Å². The minimum absolute atomic E-state index is 0.585. The fourth-order valence-electron chi connectivity index (χ4n) is 2.25. The number of nitrogens with one attached hydrogen (secondary N) is 2. The lowest BCUT2D eigenvalue weighted by Crippen LogP contribution is -2.05. The third kappa shape index (κ3) is 4.16. The van der Waals surface area contributed by atoms with Crippen LogP contribution in [-0.4, -0.2) is 9.97 Å². The molecule has 3 rings (SSSR count). The lowest BCUT2D eigenvalue weighted by atomic mass is 10.2. The van der Waals surface area contributed by atoms with Gasteiger partial charge in [0.2, 0.25) is 0 Å². The number of para-hydroxylation sites is 1. The zero-order valence-electron chi connectivity index (χ0n) is 13.1. The van der Waals surface area contributed by atoms with Crippen LogP contribution in [0.4, 0.5) is 17.3 Å². The summed E-state index contributed by atoms with van der Waals surface area (Å²) in [5.41, 5.74) is 1.81. The maximum Gasteiger partial charge on any atom is 0.136 e. The minimum Gasteiger partial charge on any atom is -0.366 e. The lowest BCUT2D eigenvalue weighted by Gasteiger charge is -2.11. The van der Waals surface area contributed by atoms with Crippen LogP contribution in [0.2, 0.25) is 10.0 Å². The van der Waals surface area contributed by atoms with Crippen molar-refractivity contribution in [2.45, 2.75) is 13.5 Å². The molecule has 122 valence electrons. The highest BCUT2D eigenvalue weighted by Crippen LogP contribution is 2.25. The summed E-state index contributed by atoms with van der Waals surface area (Å²) in [6.07, 6.45) is 0. The third-order valence-corrected chi connectivity index (χ3v) is 4.09. The number of hydrogen-bond acceptors (Lipinski definition) is 4. The van der Waals surface area contributed by atoms with Gasteiger partial charge < -0.3 is 10.6 Å². The van der Waals surface area contributed by atoms with Gasteiger partial charge in [-0.25, -0.2) is 9.97 Å². The fourth-order valence-corrected chi connectivity index (χ4v) is 2.64. The number of nitrogens with zero attached hydrogens (tertiary/aromatic N) is 2. The van der Waals surface area contributed by atoms with E-state index >= 15 is 0 Å². The van der Waals surface area contributed by atoms with E-state index in [-0.39, 0.29) is 0 Å². The molecule has 0 unspecified atom stereocenters. The van der Waals surface area contributed by atoms with Crippen LogP contribution in [-0.2, 0) is 6.54 Å². The summed E-state index contributed by atoms with van der Waals surface area (Å²) < 4.78 is 0. The second-order valence-electron chi connectivity index (χ2n) is 5.24. The van der Waals surface area contributed by atoms with Gasteiger partial charge in [0, 0.05) is 17.6 Å². The second-order valence-corrected chi connectivity index (χ2v) is 6.05. The van der Waals surface area contributed by atoms with Crippen molar-refractivity contribution in [3.8, 4) is 0 Å². The summed E-state index contributed by atoms with van der Waals surface area (Å²) in [7, 11) is 0. The van der Waals surface area contributed by atoms with Gasteiger partial charge in [-0.15, -0.1) is 0 Å². The van der Waals surface area contributed by atoms with E-state index in [1.54, 1.807) is 0 Å². The normalized spacial score (nSPS) is 10.5. The fraction of sp³-hybridized carbons (Fsp3) is 0.111. The summed E-state index contributed by atoms with van der Waals surface area (Å²) in [5.74, 6) is 2.06. The molecular weight excluding hydrogens is 343 g/mol. The number of hydrogen-bond donors (Lipinski definition) is 2. The quantitative estimate of drug-likeness (QED) is 0.636. The van der Waals surface area contributed by atoms with Gasteiger partial charge in [-0.1, -0.05) is 53.5 Å². The standard InChI is InChI=1S/C18H16Cl2N4/c1-12-22-17(21-11-13-6-2-3-7-14(13)19)10-18(23-12)24-16-9-5-4-8-15(16)20/h2-10H,11H2,1H3,(H2,21,22,23,24). The van der Waals surface area contributed by atoms with Crippen molar-refractivity contribution in [3.05, 3.63) is 76.0 Å². The van der Waals surface area contributed by atoms with Crippen LogP contribution in [0.25, 0.3) is 0 Å². The van der Waals surface area contributed by atoms with E-state index in [9.17, 15) is 0 Å². The highest BCUT2D eigenvalue weighted by Gasteiger charge is 2.06. The van der Waals surface area contributed by atoms with E-state index in [4.69, 9.17) is 23.2 Å². The highest BCUT2D eigenvalue weighted by molar-refractivity contribution is 6.33. The van der Waals surface area contributed by atoms with Crippen LogP contribution in [0.1, 0.15) is 11.4 Å². The van der Waals surface area contributed by atoms with Crippen LogP contribution in [0.3, 0.4) is 0 Å². The average Bonchev–Trinajstić information content (AvgIpc) is 2.56. The number of aryl methyl sites for hydroxylation is 1. The Kier molecular flexibility index (Phi) is 5.18. The van der Waals surface area contributed by atoms with Crippen molar-refractivity contribution in [3.63, 3.8) is 0 Å². The summed E-state index contributed by atoms with van der Waals surface area (Å²) in [6.45, 7) is 2.43. The summed E-state index contributed by atoms with van der Waals surface area (Å²) in [5, 5.41) is 7.85. The van der Waals surface area contributed by atoms with Gasteiger partial charge in [0.25, 0.3) is 0 Å². The first-order chi connectivity index (χ1) is 11.6. The van der Waals surface area contributed by atoms with E-state index in [0.717, 1.165) is 22.1 Å². The summed E-state index contributed by atoms with van der Waals surface area (Å²) in [4.78, 5) is 8.80. The number of halogens is 2. The van der Waals surface area contributed by atoms with E-state index in [2.05, 4.69) is 20.6 Å². The van der Waals surface area contributed by atoms with Gasteiger partial charge in [0.15, 0.2) is 0 Å². The van der Waals surface area contributed by atoms with Gasteiger partial charge in [0.05, 0.1) is 10.7 Å². The molecule has 0 fully saturated rings. The monoisotopic (exact) mass is 358 g/mol. The zero-order chi connectivity index (χ0) is 16.9. The molecule has 6 heteroatoms. The first kappa shape index (κ1) is 16.6. The maximum absolute atomic E-state index is 6.18. The van der Waals surface area contributed by atoms with Gasteiger partial charge in [-0.2, -0.15) is 0 Å². The molecule has 0 saturated heterocycles. The van der Waals surface area contributed by atoms with Gasteiger partial charge in [0.1, 0.15) is 17.5 Å². The molecule has 2 N–H and O–H groups in total. The second kappa shape index (κ2) is 7.51. The molecule has 24 heavy (non-hydrogen) atoms. The van der Waals surface area contributed by atoms with E-state index in [0.29, 0.717) is 23.2 Å². The van der Waals surface area contributed by atoms with Crippen molar-refractivity contribution in [1.82, 2.24) is 9.97 Å². The predicted molar refractivity (Wildman–Crippen MR) is 100 cm³/mol. The van der Waals surface area contributed by atoms with Crippen LogP contribution in [0.5, 0.6) is 0 Å². The van der Waals surface area contributed by atoms with Crippen LogP contribution >= 0.6 is 23.2 Å². The zero-order valence-corrected chi connectivity index (χ0v) is 14.6. The van der Waals surface area contributed by atoms with Crippen molar-refractivity contribution < 1.29 is 0 Å². The minimum atomic E-state index is 0.585. The molecule has 3 aromatic rings. The summed E-state index contributed by atoms with van der Waals surface area (Å²) in [6, 6.07) is 17.1. The molecule has 0 amide bonds. The number of rotatable bonds is 5. The molecule has 2 aromatic carbocycles. The SMILES string of the molecule is Cc1nc(NCc2ccccc2Cl)cc(Nc2ccccc2Cl)n1. The lowest BCUT2D eigenvalue weighted by molar-refractivity contribution is 1.03. The average molecular weight is 359 g/mol. The van der Waals surface area contributed by atoms with Gasteiger partial charge >= 0.3 is 0 Å². The molecular formula is C18H16Cl2N4. The molecule has 0 aliphatic heterocycles. The first-order valence-electron chi connectivity index (χ1n) is 7.46. The largest absolute Gasteiger partial charge is 0.366 e. The Labute approximate surface area is 150 Å². The molecule has 0 saturated carbocycles. The van der Waals surface area contributed by atoms with Crippen molar-refractivity contribution in [2.24, 2.45) is 0 Å². The smallest absolute Gasteiger partial charge is 0.136 e. The van der Waals surface area contributed by atoms with E-state index in [1.807, 2.05) is 61.5 Å². The number of anilines is 3. The Morgan fingerprint density at radius 1 is 0.875 bits per heavy atom. The van der Waals surface area contributed by atoms with Crippen molar-refractivity contribution in [2.75, 3.05) is 10.6 Å². The van der Waals surface area contributed by atoms with Gasteiger partial charge in [-0.3, -0.25) is 0 Å². The highest BCUT2D eigenvalue weighted by atomic mass is 35.5. The molecule has 4 nitrogen and oxygen atoms in total. The molecule has 0 bridgehead atoms. The first-order valence-corrected chi connectivity index (χ1v) is 8.22. The molecule has 0 radical (unpaired) electrons. The Hall–Kier alpha value is -2.30. The Bertz CT molecular complexity index is 852. The number of benzene rings is 2. The Morgan fingerprint density at radius 3 is 2.29 bits per heavy atom. The van der Waals surface area contributed by atoms with Crippen LogP contribution < -0.4 is 10.6 Å². The van der Waals surface area contributed by atoms with E-state index < -0.39 is 0 Å². The topological polar surface area (TPSA) is 49.8 Å². The Balaban J connectivity index is 1.77. The van der Waals surface area contributed by atoms with Gasteiger partial charge in [-0.05, 0) is 30.7 Å². The molecule has 0 aliphatic carbocycles. The molecule has 0 aliphatic rings. The molecule has 0 spiro atoms. The van der Waals surface area contributed by atoms with E-state index in [1.165, 1.54) is 0 Å². The predicted octanol–water partition coefficient (Wildman–Crippen LogP) is 5.45. The molecule has 0 atom stereocenters. The molecule has 1 heterocycles. The number of aromatic nitrogens is 2. The molecule has 1 aromatic heterocycles. The van der Waals surface area contributed by atoms with Crippen LogP contribution in [0.15, 0.2) is 54.6 Å². The third-order valence-electron chi connectivity index (χ3n) is 3.39. The maximum atomic E-state index is 6.18. The van der Waals surface area contributed by atoms with Crippen LogP contribution in [0, 0.1) is 6.92 Å².